The van der Waals surface area contributed by atoms with Crippen molar-refractivity contribution in [3.8, 4) is 0 Å². The molecule has 0 unspecified atom stereocenters. The van der Waals surface area contributed by atoms with Gasteiger partial charge in [-0.1, -0.05) is 79.7 Å². The van der Waals surface area contributed by atoms with Gasteiger partial charge in [0.05, 0.1) is 0 Å². The second kappa shape index (κ2) is 9.84. The van der Waals surface area contributed by atoms with Crippen molar-refractivity contribution >= 4 is 35.8 Å². The van der Waals surface area contributed by atoms with E-state index in [0.29, 0.717) is 34.2 Å². The van der Waals surface area contributed by atoms with E-state index in [1.807, 2.05) is 133 Å². The summed E-state index contributed by atoms with van der Waals surface area (Å²) in [7, 11) is -6.87. The van der Waals surface area contributed by atoms with Crippen molar-refractivity contribution in [2.24, 2.45) is 0 Å². The number of nitrogens with zero attached hydrogens (tertiary/aromatic N) is 1. The molecule has 5 heteroatoms. The van der Waals surface area contributed by atoms with Crippen LogP contribution in [0, 0.1) is 0 Å². The van der Waals surface area contributed by atoms with Gasteiger partial charge < -0.3 is 0 Å². The van der Waals surface area contributed by atoms with Gasteiger partial charge in [-0.05, 0) is 55.0 Å². The summed E-state index contributed by atoms with van der Waals surface area (Å²) in [5.41, 5.74) is 0. The molecule has 0 heterocycles. The number of hydrogen-bond acceptors (Lipinski definition) is 2. The average molecular weight is 459 g/mol. The van der Waals surface area contributed by atoms with E-state index in [0.717, 1.165) is 0 Å². The van der Waals surface area contributed by atoms with Gasteiger partial charge >= 0.3 is 0 Å². The van der Waals surface area contributed by atoms with E-state index in [4.69, 9.17) is 0 Å². The van der Waals surface area contributed by atoms with E-state index in [9.17, 15) is 0 Å². The first-order chi connectivity index (χ1) is 15.6. The van der Waals surface area contributed by atoms with Gasteiger partial charge in [0.25, 0.3) is 0 Å². The lowest BCUT2D eigenvalue weighted by molar-refractivity contribution is 0.513. The SMILES string of the molecule is CCCN(P(=O)(c1ccccc1)c1ccccc1)P(=O)(c1ccccc1)c1ccccc1. The lowest BCUT2D eigenvalue weighted by Crippen LogP contribution is -2.37. The fourth-order valence-electron chi connectivity index (χ4n) is 4.01. The Morgan fingerprint density at radius 3 is 0.969 bits per heavy atom. The van der Waals surface area contributed by atoms with Gasteiger partial charge in [-0.25, -0.2) is 0 Å². The monoisotopic (exact) mass is 459 g/mol. The molecule has 0 N–H and O–H groups in total. The molecule has 0 fully saturated rings. The highest BCUT2D eigenvalue weighted by atomic mass is 31.2. The number of benzene rings is 4. The lowest BCUT2D eigenvalue weighted by Gasteiger charge is -2.38. The number of rotatable bonds is 8. The lowest BCUT2D eigenvalue weighted by atomic mass is 10.4. The molecule has 0 aromatic heterocycles. The zero-order valence-electron chi connectivity index (χ0n) is 18.1. The summed E-state index contributed by atoms with van der Waals surface area (Å²) in [6, 6.07) is 37.9. The average Bonchev–Trinajstić information content (AvgIpc) is 2.88. The van der Waals surface area contributed by atoms with Crippen LogP contribution in [0.5, 0.6) is 0 Å². The highest BCUT2D eigenvalue weighted by Crippen LogP contribution is 2.64. The van der Waals surface area contributed by atoms with Gasteiger partial charge in [0.2, 0.25) is 14.6 Å². The Morgan fingerprint density at radius 2 is 0.750 bits per heavy atom. The Balaban J connectivity index is 2.06. The predicted molar refractivity (Wildman–Crippen MR) is 137 cm³/mol. The van der Waals surface area contributed by atoms with Gasteiger partial charge in [0.1, 0.15) is 0 Å². The van der Waals surface area contributed by atoms with Gasteiger partial charge in [0.15, 0.2) is 0 Å². The zero-order valence-corrected chi connectivity index (χ0v) is 19.9. The van der Waals surface area contributed by atoms with Gasteiger partial charge in [-0.3, -0.25) is 9.13 Å². The zero-order chi connectivity index (χ0) is 22.4. The van der Waals surface area contributed by atoms with Crippen LogP contribution < -0.4 is 21.2 Å². The largest absolute Gasteiger partial charge is 0.296 e. The van der Waals surface area contributed by atoms with Crippen LogP contribution in [0.1, 0.15) is 13.3 Å². The molecule has 162 valence electrons. The van der Waals surface area contributed by atoms with Crippen LogP contribution in [-0.2, 0) is 9.13 Å². The van der Waals surface area contributed by atoms with Crippen molar-refractivity contribution in [1.82, 2.24) is 4.44 Å². The summed E-state index contributed by atoms with van der Waals surface area (Å²) >= 11 is 0. The topological polar surface area (TPSA) is 37.4 Å². The Morgan fingerprint density at radius 1 is 0.500 bits per heavy atom. The molecular weight excluding hydrogens is 432 g/mol. The molecule has 0 saturated carbocycles. The Labute approximate surface area is 190 Å². The van der Waals surface area contributed by atoms with E-state index >= 15 is 9.13 Å². The molecule has 0 amide bonds. The van der Waals surface area contributed by atoms with Crippen molar-refractivity contribution in [3.05, 3.63) is 121 Å². The third kappa shape index (κ3) is 4.05. The smallest absolute Gasteiger partial charge is 0.213 e. The van der Waals surface area contributed by atoms with Crippen LogP contribution in [0.25, 0.3) is 0 Å². The van der Waals surface area contributed by atoms with Crippen molar-refractivity contribution in [2.45, 2.75) is 13.3 Å². The van der Waals surface area contributed by atoms with E-state index in [-0.39, 0.29) is 0 Å². The Kier molecular flexibility index (Phi) is 6.92. The summed E-state index contributed by atoms with van der Waals surface area (Å²) in [6.07, 6.45) is 0.716. The van der Waals surface area contributed by atoms with Gasteiger partial charge in [-0.2, -0.15) is 4.44 Å². The molecular formula is C27H27NO2P2. The summed E-state index contributed by atoms with van der Waals surface area (Å²) in [4.78, 5) is 0. The second-order valence-corrected chi connectivity index (χ2v) is 13.2. The Bertz CT molecular complexity index is 1050. The molecule has 0 saturated heterocycles. The van der Waals surface area contributed by atoms with E-state index < -0.39 is 14.6 Å². The predicted octanol–water partition coefficient (Wildman–Crippen LogP) is 5.56. The minimum atomic E-state index is -3.43. The van der Waals surface area contributed by atoms with E-state index in [1.54, 1.807) is 0 Å². The molecule has 0 aliphatic rings. The fraction of sp³-hybridized carbons (Fsp3) is 0.111. The third-order valence-electron chi connectivity index (χ3n) is 5.50. The maximum Gasteiger partial charge on any atom is 0.213 e. The molecule has 0 atom stereocenters. The third-order valence-corrected chi connectivity index (χ3v) is 12.7. The van der Waals surface area contributed by atoms with Crippen LogP contribution in [0.3, 0.4) is 0 Å². The summed E-state index contributed by atoms with van der Waals surface area (Å²) < 4.78 is 32.3. The highest BCUT2D eigenvalue weighted by molar-refractivity contribution is 7.90. The van der Waals surface area contributed by atoms with E-state index in [2.05, 4.69) is 0 Å². The quantitative estimate of drug-likeness (QED) is 0.324. The van der Waals surface area contributed by atoms with Crippen molar-refractivity contribution in [3.63, 3.8) is 0 Å². The fourth-order valence-corrected chi connectivity index (χ4v) is 11.6. The van der Waals surface area contributed by atoms with Crippen LogP contribution >= 0.6 is 14.6 Å². The van der Waals surface area contributed by atoms with Gasteiger partial charge in [-0.15, -0.1) is 0 Å². The van der Waals surface area contributed by atoms with Crippen molar-refractivity contribution in [1.29, 1.82) is 0 Å². The van der Waals surface area contributed by atoms with Gasteiger partial charge in [0, 0.05) is 27.8 Å². The molecule has 0 bridgehead atoms. The van der Waals surface area contributed by atoms with E-state index in [1.165, 1.54) is 0 Å². The molecule has 0 aliphatic heterocycles. The van der Waals surface area contributed by atoms with Crippen molar-refractivity contribution < 1.29 is 9.13 Å². The molecule has 3 nitrogen and oxygen atoms in total. The highest BCUT2D eigenvalue weighted by Gasteiger charge is 2.46. The molecule has 0 aliphatic carbocycles. The van der Waals surface area contributed by atoms with Crippen LogP contribution in [-0.4, -0.2) is 11.0 Å². The molecule has 4 aromatic rings. The first kappa shape index (κ1) is 22.5. The normalized spacial score (nSPS) is 12.1. The first-order valence-electron chi connectivity index (χ1n) is 10.8. The maximum absolute atomic E-state index is 15.3. The summed E-state index contributed by atoms with van der Waals surface area (Å²) in [5.74, 6) is 0. The number of hydrogen-bond donors (Lipinski definition) is 0. The molecule has 4 aromatic carbocycles. The second-order valence-electron chi connectivity index (χ2n) is 7.59. The molecule has 4 rings (SSSR count). The minimum Gasteiger partial charge on any atom is -0.296 e. The standard InChI is InChI=1S/C27H27NO2P2/c1-2-23-28(31(29,24-15-7-3-8-16-24)25-17-9-4-10-18-25)32(30,26-19-11-5-12-20-26)27-21-13-6-14-22-27/h3-22H,2,23H2,1H3. The molecule has 0 spiro atoms. The Hall–Kier alpha value is -2.70. The molecule has 0 radical (unpaired) electrons. The van der Waals surface area contributed by atoms with Crippen LogP contribution in [0.2, 0.25) is 0 Å². The van der Waals surface area contributed by atoms with Crippen LogP contribution in [0.15, 0.2) is 121 Å². The van der Waals surface area contributed by atoms with Crippen LogP contribution in [0.4, 0.5) is 0 Å². The minimum absolute atomic E-state index is 0.433. The maximum atomic E-state index is 15.3. The first-order valence-corrected chi connectivity index (χ1v) is 14.1. The summed E-state index contributed by atoms with van der Waals surface area (Å²) in [6.45, 7) is 2.47. The summed E-state index contributed by atoms with van der Waals surface area (Å²) in [5, 5.41) is 2.75. The molecule has 32 heavy (non-hydrogen) atoms. The van der Waals surface area contributed by atoms with Crippen molar-refractivity contribution in [2.75, 3.05) is 6.54 Å².